The van der Waals surface area contributed by atoms with Crippen molar-refractivity contribution in [1.82, 2.24) is 15.2 Å². The summed E-state index contributed by atoms with van der Waals surface area (Å²) in [5.74, 6) is 0.0375. The standard InChI is InChI=1S/C13H16N4O2/c1-9-3-2-4-11(15-9)16-5-6-17-10(8-16)7-14-12(18)13(17)19/h2-4,10H,5-8H2,1H3,(H,14,18)/t10-/m0/s1. The van der Waals surface area contributed by atoms with Crippen molar-refractivity contribution in [3.63, 3.8) is 0 Å². The Bertz CT molecular complexity index is 531. The summed E-state index contributed by atoms with van der Waals surface area (Å²) in [5, 5.41) is 2.64. The molecule has 100 valence electrons. The first-order valence-corrected chi connectivity index (χ1v) is 6.42. The van der Waals surface area contributed by atoms with E-state index in [1.807, 2.05) is 25.1 Å². The van der Waals surface area contributed by atoms with Crippen LogP contribution in [0.15, 0.2) is 18.2 Å². The SMILES string of the molecule is Cc1cccc(N2CCN3C(=O)C(=O)NC[C@H]3C2)n1. The molecule has 1 N–H and O–H groups in total. The van der Waals surface area contributed by atoms with E-state index < -0.39 is 11.8 Å². The molecule has 2 saturated heterocycles. The molecule has 0 radical (unpaired) electrons. The molecule has 0 aromatic carbocycles. The summed E-state index contributed by atoms with van der Waals surface area (Å²) in [6.45, 7) is 4.48. The quantitative estimate of drug-likeness (QED) is 0.694. The van der Waals surface area contributed by atoms with Crippen molar-refractivity contribution in [3.8, 4) is 0 Å². The van der Waals surface area contributed by atoms with E-state index in [-0.39, 0.29) is 6.04 Å². The molecule has 6 nitrogen and oxygen atoms in total. The van der Waals surface area contributed by atoms with Crippen LogP contribution in [0.1, 0.15) is 5.69 Å². The van der Waals surface area contributed by atoms with Gasteiger partial charge in [0.15, 0.2) is 0 Å². The minimum Gasteiger partial charge on any atom is -0.353 e. The third-order valence-corrected chi connectivity index (χ3v) is 3.63. The van der Waals surface area contributed by atoms with E-state index in [0.717, 1.165) is 11.5 Å². The number of aromatic nitrogens is 1. The lowest BCUT2D eigenvalue weighted by atomic mass is 10.1. The van der Waals surface area contributed by atoms with Crippen molar-refractivity contribution >= 4 is 17.6 Å². The maximum absolute atomic E-state index is 11.7. The summed E-state index contributed by atoms with van der Waals surface area (Å²) in [6, 6.07) is 5.97. The zero-order valence-corrected chi connectivity index (χ0v) is 10.8. The Morgan fingerprint density at radius 3 is 2.95 bits per heavy atom. The molecule has 0 spiro atoms. The van der Waals surface area contributed by atoms with Crippen molar-refractivity contribution in [3.05, 3.63) is 23.9 Å². The molecule has 2 fully saturated rings. The highest BCUT2D eigenvalue weighted by atomic mass is 16.2. The Labute approximate surface area is 111 Å². The fraction of sp³-hybridized carbons (Fsp3) is 0.462. The second-order valence-electron chi connectivity index (χ2n) is 4.95. The number of aryl methyl sites for hydroxylation is 1. The molecule has 1 aromatic heterocycles. The van der Waals surface area contributed by atoms with Crippen LogP contribution in [-0.2, 0) is 9.59 Å². The molecule has 2 aliphatic rings. The summed E-state index contributed by atoms with van der Waals surface area (Å²) >= 11 is 0. The Morgan fingerprint density at radius 2 is 2.16 bits per heavy atom. The van der Waals surface area contributed by atoms with Crippen LogP contribution in [0.5, 0.6) is 0 Å². The summed E-state index contributed by atoms with van der Waals surface area (Å²) in [7, 11) is 0. The van der Waals surface area contributed by atoms with Crippen LogP contribution < -0.4 is 10.2 Å². The minimum atomic E-state index is -0.488. The smallest absolute Gasteiger partial charge is 0.312 e. The molecule has 3 rings (SSSR count). The third-order valence-electron chi connectivity index (χ3n) is 3.63. The number of hydrogen-bond acceptors (Lipinski definition) is 4. The number of hydrogen-bond donors (Lipinski definition) is 1. The van der Waals surface area contributed by atoms with E-state index in [9.17, 15) is 9.59 Å². The van der Waals surface area contributed by atoms with Gasteiger partial charge in [0.2, 0.25) is 0 Å². The average Bonchev–Trinajstić information content (AvgIpc) is 2.43. The van der Waals surface area contributed by atoms with Crippen LogP contribution in [0.3, 0.4) is 0 Å². The first-order valence-electron chi connectivity index (χ1n) is 6.42. The van der Waals surface area contributed by atoms with Crippen molar-refractivity contribution in [2.75, 3.05) is 31.1 Å². The number of carbonyl (C=O) groups excluding carboxylic acids is 2. The summed E-state index contributed by atoms with van der Waals surface area (Å²) < 4.78 is 0. The number of rotatable bonds is 1. The predicted octanol–water partition coefficient (Wildman–Crippen LogP) is -0.463. The highest BCUT2D eigenvalue weighted by Gasteiger charge is 2.37. The number of amides is 2. The molecule has 19 heavy (non-hydrogen) atoms. The molecular weight excluding hydrogens is 244 g/mol. The Kier molecular flexibility index (Phi) is 2.85. The van der Waals surface area contributed by atoms with Gasteiger partial charge in [-0.1, -0.05) is 6.07 Å². The van der Waals surface area contributed by atoms with Crippen LogP contribution in [0.25, 0.3) is 0 Å². The maximum Gasteiger partial charge on any atom is 0.312 e. The fourth-order valence-electron chi connectivity index (χ4n) is 2.63. The Balaban J connectivity index is 1.76. The van der Waals surface area contributed by atoms with Gasteiger partial charge in [-0.2, -0.15) is 0 Å². The molecule has 0 aliphatic carbocycles. The molecule has 2 amide bonds. The van der Waals surface area contributed by atoms with Gasteiger partial charge in [-0.25, -0.2) is 4.98 Å². The van der Waals surface area contributed by atoms with Gasteiger partial charge in [-0.3, -0.25) is 9.59 Å². The van der Waals surface area contributed by atoms with Crippen LogP contribution >= 0.6 is 0 Å². The topological polar surface area (TPSA) is 65.5 Å². The normalized spacial score (nSPS) is 23.1. The zero-order chi connectivity index (χ0) is 13.4. The van der Waals surface area contributed by atoms with Gasteiger partial charge >= 0.3 is 11.8 Å². The van der Waals surface area contributed by atoms with Gasteiger partial charge in [0.25, 0.3) is 0 Å². The third kappa shape index (κ3) is 2.14. The van der Waals surface area contributed by atoms with E-state index >= 15 is 0 Å². The highest BCUT2D eigenvalue weighted by Crippen LogP contribution is 2.18. The molecule has 3 heterocycles. The molecule has 0 unspecified atom stereocenters. The van der Waals surface area contributed by atoms with Gasteiger partial charge in [-0.05, 0) is 19.1 Å². The first kappa shape index (κ1) is 12.0. The van der Waals surface area contributed by atoms with Crippen LogP contribution in [0.2, 0.25) is 0 Å². The van der Waals surface area contributed by atoms with Crippen molar-refractivity contribution in [1.29, 1.82) is 0 Å². The van der Waals surface area contributed by atoms with Crippen molar-refractivity contribution in [2.45, 2.75) is 13.0 Å². The highest BCUT2D eigenvalue weighted by molar-refractivity contribution is 6.35. The van der Waals surface area contributed by atoms with E-state index in [1.54, 1.807) is 4.90 Å². The number of nitrogens with zero attached hydrogens (tertiary/aromatic N) is 3. The molecule has 2 aliphatic heterocycles. The lowest BCUT2D eigenvalue weighted by Crippen LogP contribution is -2.65. The van der Waals surface area contributed by atoms with Gasteiger partial charge in [0.1, 0.15) is 5.82 Å². The number of pyridine rings is 1. The molecule has 1 aromatic rings. The monoisotopic (exact) mass is 260 g/mol. The predicted molar refractivity (Wildman–Crippen MR) is 69.7 cm³/mol. The summed E-state index contributed by atoms with van der Waals surface area (Å²) in [5.41, 5.74) is 0.980. The first-order chi connectivity index (χ1) is 9.15. The van der Waals surface area contributed by atoms with Gasteiger partial charge < -0.3 is 15.1 Å². The van der Waals surface area contributed by atoms with Crippen LogP contribution in [0.4, 0.5) is 5.82 Å². The van der Waals surface area contributed by atoms with Crippen molar-refractivity contribution in [2.24, 2.45) is 0 Å². The molecule has 6 heteroatoms. The van der Waals surface area contributed by atoms with Gasteiger partial charge in [0, 0.05) is 31.9 Å². The summed E-state index contributed by atoms with van der Waals surface area (Å²) in [4.78, 5) is 31.4. The van der Waals surface area contributed by atoms with E-state index in [0.29, 0.717) is 26.2 Å². The average molecular weight is 260 g/mol. The van der Waals surface area contributed by atoms with Crippen molar-refractivity contribution < 1.29 is 9.59 Å². The molecule has 0 saturated carbocycles. The maximum atomic E-state index is 11.7. The van der Waals surface area contributed by atoms with E-state index in [4.69, 9.17) is 0 Å². The second kappa shape index (κ2) is 4.53. The zero-order valence-electron chi connectivity index (χ0n) is 10.8. The van der Waals surface area contributed by atoms with E-state index in [2.05, 4.69) is 15.2 Å². The largest absolute Gasteiger partial charge is 0.353 e. The lowest BCUT2D eigenvalue weighted by molar-refractivity contribution is -0.150. The van der Waals surface area contributed by atoms with Gasteiger partial charge in [0.05, 0.1) is 6.04 Å². The number of anilines is 1. The number of piperazine rings is 2. The van der Waals surface area contributed by atoms with E-state index in [1.165, 1.54) is 0 Å². The number of fused-ring (bicyclic) bond motifs is 1. The van der Waals surface area contributed by atoms with Gasteiger partial charge in [-0.15, -0.1) is 0 Å². The summed E-state index contributed by atoms with van der Waals surface area (Å²) in [6.07, 6.45) is 0. The Hall–Kier alpha value is -2.11. The number of nitrogens with one attached hydrogen (secondary N) is 1. The lowest BCUT2D eigenvalue weighted by Gasteiger charge is -2.43. The molecule has 1 atom stereocenters. The molecule has 0 bridgehead atoms. The van der Waals surface area contributed by atoms with Crippen LogP contribution in [0, 0.1) is 6.92 Å². The minimum absolute atomic E-state index is 0.0428. The van der Waals surface area contributed by atoms with Crippen LogP contribution in [-0.4, -0.2) is 53.9 Å². The number of carbonyl (C=O) groups is 2. The second-order valence-corrected chi connectivity index (χ2v) is 4.95. The Morgan fingerprint density at radius 1 is 1.32 bits per heavy atom. The molecular formula is C13H16N4O2. The fourth-order valence-corrected chi connectivity index (χ4v) is 2.63.